The number of sulfonamides is 1. The van der Waals surface area contributed by atoms with Crippen molar-refractivity contribution in [2.24, 2.45) is 5.14 Å². The average molecular weight is 401 g/mol. The zero-order valence-electron chi connectivity index (χ0n) is 13.5. The Bertz CT molecular complexity index is 1240. The molecule has 0 saturated carbocycles. The van der Waals surface area contributed by atoms with E-state index in [2.05, 4.69) is 10.3 Å². The minimum Gasteiger partial charge on any atom is -0.456 e. The minimum absolute atomic E-state index is 0.0246. The van der Waals surface area contributed by atoms with Gasteiger partial charge in [-0.3, -0.25) is 19.9 Å². The number of hydrogen-bond donors (Lipinski definition) is 2. The molecule has 0 spiro atoms. The quantitative estimate of drug-likeness (QED) is 0.644. The number of pyridine rings is 1. The lowest BCUT2D eigenvalue weighted by molar-refractivity contribution is -0.115. The summed E-state index contributed by atoms with van der Waals surface area (Å²) in [7, 11) is -3.85. The molecule has 0 radical (unpaired) electrons. The molecule has 2 aromatic heterocycles. The van der Waals surface area contributed by atoms with Gasteiger partial charge in [0.1, 0.15) is 11.3 Å². The van der Waals surface area contributed by atoms with E-state index in [1.807, 2.05) is 0 Å². The van der Waals surface area contributed by atoms with E-state index >= 15 is 0 Å². The number of benzene rings is 1. The summed E-state index contributed by atoms with van der Waals surface area (Å²) in [6, 6.07) is 7.80. The van der Waals surface area contributed by atoms with Crippen LogP contribution in [0.2, 0.25) is 0 Å². The molecular formula is C17H11N3O5S2. The molecule has 1 aromatic carbocycles. The molecule has 3 N–H and O–H groups in total. The molecule has 3 aromatic rings. The highest BCUT2D eigenvalue weighted by Crippen LogP contribution is 2.33. The summed E-state index contributed by atoms with van der Waals surface area (Å²) >= 11 is 0.789. The molecular weight excluding hydrogens is 390 g/mol. The van der Waals surface area contributed by atoms with Crippen molar-refractivity contribution in [3.05, 3.63) is 53.4 Å². The van der Waals surface area contributed by atoms with Gasteiger partial charge in [0.15, 0.2) is 0 Å². The zero-order valence-corrected chi connectivity index (χ0v) is 15.1. The van der Waals surface area contributed by atoms with E-state index in [9.17, 15) is 18.0 Å². The lowest BCUT2D eigenvalue weighted by Gasteiger charge is -2.04. The second-order valence-electron chi connectivity index (χ2n) is 5.68. The van der Waals surface area contributed by atoms with Crippen molar-refractivity contribution in [1.29, 1.82) is 0 Å². The summed E-state index contributed by atoms with van der Waals surface area (Å²) in [5, 5.41) is 7.59. The lowest BCUT2D eigenvalue weighted by Crippen LogP contribution is -2.17. The fraction of sp³-hybridized carbons (Fsp3) is 0. The fourth-order valence-electron chi connectivity index (χ4n) is 2.65. The first-order valence-electron chi connectivity index (χ1n) is 7.57. The molecule has 2 amide bonds. The van der Waals surface area contributed by atoms with Gasteiger partial charge in [0, 0.05) is 29.4 Å². The first-order chi connectivity index (χ1) is 12.8. The molecule has 3 heterocycles. The van der Waals surface area contributed by atoms with Crippen molar-refractivity contribution in [2.45, 2.75) is 4.90 Å². The number of nitrogens with two attached hydrogens (primary N) is 1. The van der Waals surface area contributed by atoms with Crippen molar-refractivity contribution in [1.82, 2.24) is 10.3 Å². The Kier molecular flexibility index (Phi) is 4.10. The molecule has 1 aliphatic heterocycles. The Morgan fingerprint density at radius 1 is 1.19 bits per heavy atom. The van der Waals surface area contributed by atoms with Gasteiger partial charge < -0.3 is 4.42 Å². The van der Waals surface area contributed by atoms with Gasteiger partial charge in [-0.2, -0.15) is 0 Å². The summed E-state index contributed by atoms with van der Waals surface area (Å²) in [5.41, 5.74) is 1.61. The van der Waals surface area contributed by atoms with E-state index in [0.29, 0.717) is 27.9 Å². The van der Waals surface area contributed by atoms with Crippen molar-refractivity contribution in [3.63, 3.8) is 0 Å². The third kappa shape index (κ3) is 3.37. The van der Waals surface area contributed by atoms with Crippen LogP contribution in [-0.2, 0) is 14.8 Å². The Morgan fingerprint density at radius 3 is 2.70 bits per heavy atom. The normalized spacial score (nSPS) is 16.3. The van der Waals surface area contributed by atoms with Gasteiger partial charge in [0.25, 0.3) is 11.1 Å². The van der Waals surface area contributed by atoms with Crippen LogP contribution in [0.4, 0.5) is 4.79 Å². The van der Waals surface area contributed by atoms with E-state index in [0.717, 1.165) is 11.8 Å². The summed E-state index contributed by atoms with van der Waals surface area (Å²) in [6.07, 6.45) is 4.60. The molecule has 1 fully saturated rings. The van der Waals surface area contributed by atoms with Crippen LogP contribution in [0.25, 0.3) is 28.2 Å². The van der Waals surface area contributed by atoms with Crippen LogP contribution < -0.4 is 10.5 Å². The monoisotopic (exact) mass is 401 g/mol. The Morgan fingerprint density at radius 2 is 2.00 bits per heavy atom. The number of rotatable bonds is 3. The maximum atomic E-state index is 11.7. The number of amides is 2. The molecule has 27 heavy (non-hydrogen) atoms. The van der Waals surface area contributed by atoms with Gasteiger partial charge in [-0.15, -0.1) is 0 Å². The van der Waals surface area contributed by atoms with Gasteiger partial charge in [-0.1, -0.05) is 12.1 Å². The Hall–Kier alpha value is -2.95. The van der Waals surface area contributed by atoms with Gasteiger partial charge in [-0.05, 0) is 35.5 Å². The van der Waals surface area contributed by atoms with E-state index in [4.69, 9.17) is 9.56 Å². The molecule has 1 saturated heterocycles. The number of fused-ring (bicyclic) bond motifs is 1. The van der Waals surface area contributed by atoms with Crippen LogP contribution in [-0.4, -0.2) is 24.5 Å². The van der Waals surface area contributed by atoms with Crippen molar-refractivity contribution >= 4 is 50.0 Å². The Balaban J connectivity index is 1.82. The number of carbonyl (C=O) groups excluding carboxylic acids is 2. The number of aromatic nitrogens is 1. The summed E-state index contributed by atoms with van der Waals surface area (Å²) in [5.74, 6) is -0.112. The zero-order chi connectivity index (χ0) is 19.2. The van der Waals surface area contributed by atoms with E-state index in [-0.39, 0.29) is 9.80 Å². The first kappa shape index (κ1) is 17.5. The number of imide groups is 1. The number of thioether (sulfide) groups is 1. The van der Waals surface area contributed by atoms with E-state index < -0.39 is 21.2 Å². The molecule has 0 unspecified atom stereocenters. The second-order valence-corrected chi connectivity index (χ2v) is 8.26. The maximum Gasteiger partial charge on any atom is 0.290 e. The third-order valence-electron chi connectivity index (χ3n) is 3.83. The maximum absolute atomic E-state index is 11.7. The molecule has 1 aliphatic rings. The third-order valence-corrected chi connectivity index (χ3v) is 5.55. The first-order valence-corrected chi connectivity index (χ1v) is 9.93. The molecule has 136 valence electrons. The molecule has 0 bridgehead atoms. The van der Waals surface area contributed by atoms with Crippen molar-refractivity contribution in [3.8, 4) is 11.1 Å². The highest BCUT2D eigenvalue weighted by atomic mass is 32.2. The van der Waals surface area contributed by atoms with Crippen LogP contribution in [0.5, 0.6) is 0 Å². The largest absolute Gasteiger partial charge is 0.456 e. The number of primary sulfonamides is 1. The molecule has 8 nitrogen and oxygen atoms in total. The van der Waals surface area contributed by atoms with Crippen LogP contribution in [0, 0.1) is 0 Å². The van der Waals surface area contributed by atoms with Crippen LogP contribution in [0.1, 0.15) is 5.76 Å². The topological polar surface area (TPSA) is 132 Å². The smallest absolute Gasteiger partial charge is 0.290 e. The summed E-state index contributed by atoms with van der Waals surface area (Å²) in [4.78, 5) is 27.3. The summed E-state index contributed by atoms with van der Waals surface area (Å²) in [6.45, 7) is 0. The number of hydrogen-bond acceptors (Lipinski definition) is 7. The van der Waals surface area contributed by atoms with Crippen LogP contribution >= 0.6 is 11.8 Å². The number of carbonyl (C=O) groups is 2. The number of nitrogens with one attached hydrogen (secondary N) is 1. The number of furan rings is 1. The Labute approximate surface area is 157 Å². The highest BCUT2D eigenvalue weighted by molar-refractivity contribution is 8.18. The highest BCUT2D eigenvalue weighted by Gasteiger charge is 2.25. The van der Waals surface area contributed by atoms with Crippen molar-refractivity contribution in [2.75, 3.05) is 0 Å². The van der Waals surface area contributed by atoms with E-state index in [1.54, 1.807) is 30.6 Å². The van der Waals surface area contributed by atoms with Crippen LogP contribution in [0.3, 0.4) is 0 Å². The minimum atomic E-state index is -3.85. The van der Waals surface area contributed by atoms with Crippen LogP contribution in [0.15, 0.2) is 56.9 Å². The van der Waals surface area contributed by atoms with Crippen molar-refractivity contribution < 1.29 is 22.4 Å². The lowest BCUT2D eigenvalue weighted by atomic mass is 10.1. The van der Waals surface area contributed by atoms with Gasteiger partial charge in [0.2, 0.25) is 10.0 Å². The molecule has 4 rings (SSSR count). The predicted octanol–water partition coefficient (Wildman–Crippen LogP) is 2.47. The molecule has 10 heteroatoms. The fourth-order valence-corrected chi connectivity index (χ4v) is 3.87. The molecule has 0 aliphatic carbocycles. The standard InChI is InChI=1S/C17H11N3O5S2/c18-27(23,24)12-3-1-2-9(5-12)13-8-19-7-10-4-11(25-15(10)13)6-14-16(21)20-17(22)26-14/h1-8H,(H2,18,23,24)(H,20,21,22)/b14-6-. The predicted molar refractivity (Wildman–Crippen MR) is 99.9 cm³/mol. The number of nitrogens with zero attached hydrogens (tertiary/aromatic N) is 1. The SMILES string of the molecule is NS(=O)(=O)c1cccc(-c2cncc3cc(/C=C4\SC(=O)NC4=O)oc23)c1. The summed E-state index contributed by atoms with van der Waals surface area (Å²) < 4.78 is 29.0. The van der Waals surface area contributed by atoms with Gasteiger partial charge in [-0.25, -0.2) is 13.6 Å². The second kappa shape index (κ2) is 6.34. The van der Waals surface area contributed by atoms with Gasteiger partial charge >= 0.3 is 0 Å². The van der Waals surface area contributed by atoms with Gasteiger partial charge in [0.05, 0.1) is 9.80 Å². The average Bonchev–Trinajstić information content (AvgIpc) is 3.16. The van der Waals surface area contributed by atoms with E-state index in [1.165, 1.54) is 18.2 Å². The molecule has 0 atom stereocenters.